The second kappa shape index (κ2) is 8.39. The first-order valence-corrected chi connectivity index (χ1v) is 9.89. The zero-order chi connectivity index (χ0) is 20.2. The van der Waals surface area contributed by atoms with Gasteiger partial charge in [-0.3, -0.25) is 9.67 Å². The molecule has 29 heavy (non-hydrogen) atoms. The molecule has 2 aromatic carbocycles. The van der Waals surface area contributed by atoms with E-state index in [1.54, 1.807) is 24.5 Å². The number of nitrogens with zero attached hydrogens (tertiary/aromatic N) is 3. The van der Waals surface area contributed by atoms with Crippen LogP contribution >= 0.6 is 0 Å². The summed E-state index contributed by atoms with van der Waals surface area (Å²) in [5, 5.41) is 4.80. The van der Waals surface area contributed by atoms with Crippen LogP contribution in [-0.4, -0.2) is 14.8 Å². The van der Waals surface area contributed by atoms with Crippen LogP contribution in [0.2, 0.25) is 0 Å². The Bertz CT molecular complexity index is 1080. The second-order valence-electron chi connectivity index (χ2n) is 7.38. The summed E-state index contributed by atoms with van der Waals surface area (Å²) in [4.78, 5) is 4.15. The van der Waals surface area contributed by atoms with Crippen LogP contribution in [0, 0.1) is 12.7 Å². The second-order valence-corrected chi connectivity index (χ2v) is 7.38. The van der Waals surface area contributed by atoms with Crippen LogP contribution in [0.25, 0.3) is 22.4 Å². The molecule has 3 nitrogen and oxygen atoms in total. The van der Waals surface area contributed by atoms with Gasteiger partial charge in [-0.2, -0.15) is 5.10 Å². The van der Waals surface area contributed by atoms with Crippen molar-refractivity contribution in [3.8, 4) is 22.4 Å². The fraction of sp³-hybridized carbons (Fsp3) is 0.200. The molecule has 0 fully saturated rings. The van der Waals surface area contributed by atoms with E-state index in [1.165, 1.54) is 29.0 Å². The quantitative estimate of drug-likeness (QED) is 0.422. The lowest BCUT2D eigenvalue weighted by molar-refractivity contribution is 0.628. The Morgan fingerprint density at radius 1 is 0.828 bits per heavy atom. The molecule has 0 N–H and O–H groups in total. The predicted molar refractivity (Wildman–Crippen MR) is 115 cm³/mol. The third-order valence-electron chi connectivity index (χ3n) is 5.25. The number of aryl methyl sites for hydroxylation is 3. The summed E-state index contributed by atoms with van der Waals surface area (Å²) in [6, 6.07) is 19.3. The molecular weight excluding hydrogens is 361 g/mol. The van der Waals surface area contributed by atoms with Gasteiger partial charge in [0.05, 0.1) is 0 Å². The lowest BCUT2D eigenvalue weighted by atomic mass is 9.96. The first kappa shape index (κ1) is 19.1. The van der Waals surface area contributed by atoms with Gasteiger partial charge in [-0.25, -0.2) is 4.39 Å². The van der Waals surface area contributed by atoms with Crippen LogP contribution in [0.3, 0.4) is 0 Å². The Hall–Kier alpha value is -3.27. The highest BCUT2D eigenvalue weighted by atomic mass is 19.1. The number of pyridine rings is 1. The maximum absolute atomic E-state index is 13.4. The first-order chi connectivity index (χ1) is 14.1. The highest BCUT2D eigenvalue weighted by Crippen LogP contribution is 2.35. The Balaban J connectivity index is 1.67. The fourth-order valence-corrected chi connectivity index (χ4v) is 3.69. The van der Waals surface area contributed by atoms with Crippen molar-refractivity contribution in [1.29, 1.82) is 0 Å². The minimum absolute atomic E-state index is 0.242. The summed E-state index contributed by atoms with van der Waals surface area (Å²) in [6.07, 6.45) is 6.56. The zero-order valence-electron chi connectivity index (χ0n) is 16.8. The molecule has 0 aliphatic rings. The molecule has 2 aromatic heterocycles. The SMILES string of the molecule is Cc1ccc(CCCc2c(-c3ccncc3)c(-c3ccc(F)cc3)nn2C)cc1. The monoisotopic (exact) mass is 385 g/mol. The Morgan fingerprint density at radius 3 is 2.21 bits per heavy atom. The van der Waals surface area contributed by atoms with Crippen molar-refractivity contribution in [3.63, 3.8) is 0 Å². The molecule has 0 saturated carbocycles. The molecule has 0 saturated heterocycles. The van der Waals surface area contributed by atoms with E-state index in [4.69, 9.17) is 5.10 Å². The Kier molecular flexibility index (Phi) is 5.52. The number of rotatable bonds is 6. The number of aromatic nitrogens is 3. The van der Waals surface area contributed by atoms with Crippen LogP contribution < -0.4 is 0 Å². The van der Waals surface area contributed by atoms with E-state index in [9.17, 15) is 4.39 Å². The summed E-state index contributed by atoms with van der Waals surface area (Å²) in [7, 11) is 1.99. The van der Waals surface area contributed by atoms with Gasteiger partial charge < -0.3 is 0 Å². The van der Waals surface area contributed by atoms with Gasteiger partial charge in [-0.1, -0.05) is 29.8 Å². The van der Waals surface area contributed by atoms with Gasteiger partial charge in [-0.15, -0.1) is 0 Å². The molecule has 4 aromatic rings. The molecule has 0 atom stereocenters. The Morgan fingerprint density at radius 2 is 1.52 bits per heavy atom. The van der Waals surface area contributed by atoms with Crippen LogP contribution in [0.5, 0.6) is 0 Å². The molecule has 4 rings (SSSR count). The van der Waals surface area contributed by atoms with Crippen molar-refractivity contribution in [1.82, 2.24) is 14.8 Å². The van der Waals surface area contributed by atoms with Crippen LogP contribution in [0.4, 0.5) is 4.39 Å². The van der Waals surface area contributed by atoms with E-state index < -0.39 is 0 Å². The predicted octanol–water partition coefficient (Wildman–Crippen LogP) is 5.77. The summed E-state index contributed by atoms with van der Waals surface area (Å²) in [5.74, 6) is -0.242. The van der Waals surface area contributed by atoms with Gasteiger partial charge in [-0.05, 0) is 73.7 Å². The van der Waals surface area contributed by atoms with Crippen molar-refractivity contribution in [2.75, 3.05) is 0 Å². The highest BCUT2D eigenvalue weighted by Gasteiger charge is 2.19. The molecular formula is C25H24FN3. The molecule has 0 amide bonds. The van der Waals surface area contributed by atoms with Crippen LogP contribution in [0.1, 0.15) is 23.2 Å². The largest absolute Gasteiger partial charge is 0.271 e. The normalized spacial score (nSPS) is 11.0. The zero-order valence-corrected chi connectivity index (χ0v) is 16.8. The van der Waals surface area contributed by atoms with E-state index in [-0.39, 0.29) is 5.82 Å². The smallest absolute Gasteiger partial charge is 0.123 e. The summed E-state index contributed by atoms with van der Waals surface area (Å²) in [5.41, 5.74) is 7.79. The number of hydrogen-bond donors (Lipinski definition) is 0. The van der Waals surface area contributed by atoms with Crippen molar-refractivity contribution >= 4 is 0 Å². The number of halogens is 1. The van der Waals surface area contributed by atoms with Crippen molar-refractivity contribution in [2.24, 2.45) is 7.05 Å². The van der Waals surface area contributed by atoms with Crippen LogP contribution in [0.15, 0.2) is 73.1 Å². The van der Waals surface area contributed by atoms with Gasteiger partial charge in [0.1, 0.15) is 11.5 Å². The van der Waals surface area contributed by atoms with Crippen molar-refractivity contribution < 1.29 is 4.39 Å². The lowest BCUT2D eigenvalue weighted by Gasteiger charge is -2.08. The molecule has 0 spiro atoms. The summed E-state index contributed by atoms with van der Waals surface area (Å²) >= 11 is 0. The molecule has 0 unspecified atom stereocenters. The van der Waals surface area contributed by atoms with Crippen LogP contribution in [-0.2, 0) is 19.9 Å². The fourth-order valence-electron chi connectivity index (χ4n) is 3.69. The standard InChI is InChI=1S/C25H24FN3/c1-18-6-8-19(9-7-18)4-3-5-23-24(20-14-16-27-17-15-20)25(28-29(23)2)21-10-12-22(26)13-11-21/h6-17H,3-5H2,1-2H3. The third-order valence-corrected chi connectivity index (χ3v) is 5.25. The molecule has 146 valence electrons. The summed E-state index contributed by atoms with van der Waals surface area (Å²) in [6.45, 7) is 2.11. The molecule has 2 heterocycles. The minimum atomic E-state index is -0.242. The van der Waals surface area contributed by atoms with Gasteiger partial charge in [0.2, 0.25) is 0 Å². The topological polar surface area (TPSA) is 30.7 Å². The van der Waals surface area contributed by atoms with Gasteiger partial charge in [0.15, 0.2) is 0 Å². The maximum Gasteiger partial charge on any atom is 0.123 e. The van der Waals surface area contributed by atoms with Crippen molar-refractivity contribution in [2.45, 2.75) is 26.2 Å². The van der Waals surface area contributed by atoms with Crippen molar-refractivity contribution in [3.05, 3.63) is 95.7 Å². The molecule has 0 aliphatic heterocycles. The Labute approximate surface area is 170 Å². The van der Waals surface area contributed by atoms with E-state index >= 15 is 0 Å². The van der Waals surface area contributed by atoms with E-state index in [0.29, 0.717) is 0 Å². The number of benzene rings is 2. The molecule has 0 aliphatic carbocycles. The molecule has 0 radical (unpaired) electrons. The number of hydrogen-bond acceptors (Lipinski definition) is 2. The summed E-state index contributed by atoms with van der Waals surface area (Å²) < 4.78 is 15.4. The average Bonchev–Trinajstić information content (AvgIpc) is 3.07. The van der Waals surface area contributed by atoms with E-state index in [2.05, 4.69) is 36.2 Å². The minimum Gasteiger partial charge on any atom is -0.271 e. The molecule has 4 heteroatoms. The van der Waals surface area contributed by atoms with Gasteiger partial charge in [0.25, 0.3) is 0 Å². The van der Waals surface area contributed by atoms with Gasteiger partial charge in [0, 0.05) is 36.3 Å². The average molecular weight is 385 g/mol. The van der Waals surface area contributed by atoms with E-state index in [1.807, 2.05) is 23.9 Å². The molecule has 0 bridgehead atoms. The first-order valence-electron chi connectivity index (χ1n) is 9.89. The highest BCUT2D eigenvalue weighted by molar-refractivity contribution is 5.82. The third kappa shape index (κ3) is 4.27. The maximum atomic E-state index is 13.4. The van der Waals surface area contributed by atoms with Gasteiger partial charge >= 0.3 is 0 Å². The lowest BCUT2D eigenvalue weighted by Crippen LogP contribution is -2.00. The van der Waals surface area contributed by atoms with E-state index in [0.717, 1.165) is 41.6 Å².